The van der Waals surface area contributed by atoms with E-state index in [4.69, 9.17) is 25.8 Å². The molecule has 1 aliphatic heterocycles. The summed E-state index contributed by atoms with van der Waals surface area (Å²) in [6, 6.07) is 10.4. The van der Waals surface area contributed by atoms with Crippen LogP contribution in [0.25, 0.3) is 6.08 Å². The SMILES string of the molecule is COc1cc(/C=C2\N=C(c3ccccc3Br)OC2=O)cc(Cl)c1OC(C)=O. The third-order valence-corrected chi connectivity index (χ3v) is 4.50. The summed E-state index contributed by atoms with van der Waals surface area (Å²) in [5.41, 5.74) is 1.31. The quantitative estimate of drug-likeness (QED) is 0.393. The Hall–Kier alpha value is -2.64. The number of nitrogens with zero attached hydrogens (tertiary/aromatic N) is 1. The number of hydrogen-bond donors (Lipinski definition) is 0. The average Bonchev–Trinajstić information content (AvgIpc) is 2.97. The molecule has 0 unspecified atom stereocenters. The zero-order chi connectivity index (χ0) is 19.6. The van der Waals surface area contributed by atoms with Crippen molar-refractivity contribution in [3.8, 4) is 11.5 Å². The lowest BCUT2D eigenvalue weighted by molar-refractivity contribution is -0.132. The van der Waals surface area contributed by atoms with E-state index in [-0.39, 0.29) is 28.1 Å². The minimum Gasteiger partial charge on any atom is -0.493 e. The van der Waals surface area contributed by atoms with Crippen molar-refractivity contribution in [3.63, 3.8) is 0 Å². The van der Waals surface area contributed by atoms with Crippen LogP contribution in [0.4, 0.5) is 0 Å². The Bertz CT molecular complexity index is 1000. The summed E-state index contributed by atoms with van der Waals surface area (Å²) in [6.07, 6.45) is 1.51. The number of halogens is 2. The molecule has 8 heteroatoms. The molecule has 27 heavy (non-hydrogen) atoms. The minimum absolute atomic E-state index is 0.110. The van der Waals surface area contributed by atoms with Gasteiger partial charge in [0.15, 0.2) is 17.2 Å². The monoisotopic (exact) mass is 449 g/mol. The van der Waals surface area contributed by atoms with Crippen LogP contribution in [-0.4, -0.2) is 24.9 Å². The lowest BCUT2D eigenvalue weighted by atomic mass is 10.1. The van der Waals surface area contributed by atoms with Crippen molar-refractivity contribution in [2.24, 2.45) is 4.99 Å². The molecule has 3 rings (SSSR count). The summed E-state index contributed by atoms with van der Waals surface area (Å²) in [5, 5.41) is 0.165. The maximum Gasteiger partial charge on any atom is 0.363 e. The topological polar surface area (TPSA) is 74.2 Å². The van der Waals surface area contributed by atoms with E-state index in [1.165, 1.54) is 26.2 Å². The van der Waals surface area contributed by atoms with Gasteiger partial charge in [-0.2, -0.15) is 0 Å². The predicted molar refractivity (Wildman–Crippen MR) is 104 cm³/mol. The number of cyclic esters (lactones) is 1. The van der Waals surface area contributed by atoms with Crippen molar-refractivity contribution in [1.29, 1.82) is 0 Å². The van der Waals surface area contributed by atoms with Gasteiger partial charge in [-0.25, -0.2) is 9.79 Å². The van der Waals surface area contributed by atoms with Crippen LogP contribution in [0.1, 0.15) is 18.1 Å². The molecule has 138 valence electrons. The van der Waals surface area contributed by atoms with Gasteiger partial charge in [0.25, 0.3) is 0 Å². The van der Waals surface area contributed by atoms with Crippen molar-refractivity contribution in [2.75, 3.05) is 7.11 Å². The molecular weight excluding hydrogens is 438 g/mol. The Morgan fingerprint density at radius 1 is 1.30 bits per heavy atom. The van der Waals surface area contributed by atoms with E-state index in [2.05, 4.69) is 20.9 Å². The summed E-state index contributed by atoms with van der Waals surface area (Å²) >= 11 is 9.58. The van der Waals surface area contributed by atoms with Gasteiger partial charge in [0.05, 0.1) is 17.7 Å². The van der Waals surface area contributed by atoms with E-state index in [1.54, 1.807) is 12.1 Å². The Kier molecular flexibility index (Phi) is 5.62. The van der Waals surface area contributed by atoms with E-state index in [0.717, 1.165) is 4.47 Å². The predicted octanol–water partition coefficient (Wildman–Crippen LogP) is 4.38. The van der Waals surface area contributed by atoms with E-state index < -0.39 is 11.9 Å². The first-order valence-corrected chi connectivity index (χ1v) is 8.89. The molecule has 2 aromatic rings. The maximum atomic E-state index is 12.2. The van der Waals surface area contributed by atoms with Crippen LogP contribution in [-0.2, 0) is 14.3 Å². The Morgan fingerprint density at radius 2 is 2.04 bits per heavy atom. The van der Waals surface area contributed by atoms with Gasteiger partial charge in [0.1, 0.15) is 0 Å². The number of methoxy groups -OCH3 is 1. The highest BCUT2D eigenvalue weighted by atomic mass is 79.9. The molecule has 0 N–H and O–H groups in total. The van der Waals surface area contributed by atoms with Crippen LogP contribution in [0.2, 0.25) is 5.02 Å². The summed E-state index contributed by atoms with van der Waals surface area (Å²) < 4.78 is 16.3. The second-order valence-corrected chi connectivity index (χ2v) is 6.71. The summed E-state index contributed by atoms with van der Waals surface area (Å²) in [7, 11) is 1.42. The minimum atomic E-state index is -0.583. The first kappa shape index (κ1) is 19.1. The molecule has 0 aromatic heterocycles. The molecule has 0 amide bonds. The first-order valence-electron chi connectivity index (χ1n) is 7.72. The molecule has 0 atom stereocenters. The van der Waals surface area contributed by atoms with Crippen LogP contribution in [0.5, 0.6) is 11.5 Å². The van der Waals surface area contributed by atoms with E-state index >= 15 is 0 Å². The number of ether oxygens (including phenoxy) is 3. The van der Waals surface area contributed by atoms with Crippen LogP contribution < -0.4 is 9.47 Å². The van der Waals surface area contributed by atoms with Crippen LogP contribution in [0, 0.1) is 0 Å². The Morgan fingerprint density at radius 3 is 2.70 bits per heavy atom. The average molecular weight is 451 g/mol. The van der Waals surface area contributed by atoms with E-state index in [1.807, 2.05) is 18.2 Å². The van der Waals surface area contributed by atoms with Crippen molar-refractivity contribution < 1.29 is 23.8 Å². The molecular formula is C19H13BrClNO5. The van der Waals surface area contributed by atoms with Gasteiger partial charge in [-0.3, -0.25) is 4.79 Å². The standard InChI is InChI=1S/C19H13BrClNO5/c1-10(23)26-17-14(21)7-11(9-16(17)25-2)8-15-19(24)27-18(22-15)12-5-3-4-6-13(12)20/h3-9H,1-2H3/b15-8-. The number of rotatable bonds is 4. The molecule has 0 bridgehead atoms. The van der Waals surface area contributed by atoms with Crippen molar-refractivity contribution in [3.05, 3.63) is 62.7 Å². The van der Waals surface area contributed by atoms with Gasteiger partial charge >= 0.3 is 11.9 Å². The van der Waals surface area contributed by atoms with Gasteiger partial charge in [0, 0.05) is 11.4 Å². The van der Waals surface area contributed by atoms with Crippen molar-refractivity contribution in [1.82, 2.24) is 0 Å². The first-order chi connectivity index (χ1) is 12.9. The van der Waals surface area contributed by atoms with Crippen LogP contribution >= 0.6 is 27.5 Å². The highest BCUT2D eigenvalue weighted by Gasteiger charge is 2.25. The third-order valence-electron chi connectivity index (χ3n) is 3.53. The number of esters is 2. The maximum absolute atomic E-state index is 12.2. The number of carbonyl (C=O) groups is 2. The number of carbonyl (C=O) groups excluding carboxylic acids is 2. The second-order valence-electron chi connectivity index (χ2n) is 5.44. The summed E-state index contributed by atoms with van der Waals surface area (Å²) in [4.78, 5) is 27.6. The number of hydrogen-bond acceptors (Lipinski definition) is 6. The fraction of sp³-hybridized carbons (Fsp3) is 0.105. The zero-order valence-electron chi connectivity index (χ0n) is 14.3. The van der Waals surface area contributed by atoms with Gasteiger partial charge in [0.2, 0.25) is 5.90 Å². The van der Waals surface area contributed by atoms with E-state index in [0.29, 0.717) is 11.1 Å². The highest BCUT2D eigenvalue weighted by Crippen LogP contribution is 2.37. The third kappa shape index (κ3) is 4.20. The van der Waals surface area contributed by atoms with Crippen LogP contribution in [0.15, 0.2) is 51.6 Å². The molecule has 0 saturated heterocycles. The smallest absolute Gasteiger partial charge is 0.363 e. The molecule has 1 aliphatic rings. The van der Waals surface area contributed by atoms with Gasteiger partial charge in [-0.1, -0.05) is 23.7 Å². The van der Waals surface area contributed by atoms with Gasteiger partial charge in [-0.05, 0) is 51.8 Å². The summed E-state index contributed by atoms with van der Waals surface area (Å²) in [6.45, 7) is 1.26. The molecule has 2 aromatic carbocycles. The Balaban J connectivity index is 1.99. The lowest BCUT2D eigenvalue weighted by Gasteiger charge is -2.10. The number of benzene rings is 2. The highest BCUT2D eigenvalue weighted by molar-refractivity contribution is 9.10. The molecule has 6 nitrogen and oxygen atoms in total. The molecule has 0 radical (unpaired) electrons. The molecule has 0 fully saturated rings. The van der Waals surface area contributed by atoms with Gasteiger partial charge in [-0.15, -0.1) is 0 Å². The fourth-order valence-corrected chi connectivity index (χ4v) is 3.09. The lowest BCUT2D eigenvalue weighted by Crippen LogP contribution is -2.06. The van der Waals surface area contributed by atoms with E-state index in [9.17, 15) is 9.59 Å². The zero-order valence-corrected chi connectivity index (χ0v) is 16.6. The molecule has 0 aliphatic carbocycles. The van der Waals surface area contributed by atoms with Crippen molar-refractivity contribution in [2.45, 2.75) is 6.92 Å². The molecule has 0 saturated carbocycles. The van der Waals surface area contributed by atoms with Gasteiger partial charge < -0.3 is 14.2 Å². The molecule has 1 heterocycles. The van der Waals surface area contributed by atoms with Crippen LogP contribution in [0.3, 0.4) is 0 Å². The Labute approximate surface area is 168 Å². The second kappa shape index (κ2) is 7.94. The number of aliphatic imine (C=N–C) groups is 1. The largest absolute Gasteiger partial charge is 0.493 e. The fourth-order valence-electron chi connectivity index (χ4n) is 2.38. The normalized spacial score (nSPS) is 14.7. The van der Waals surface area contributed by atoms with Crippen molar-refractivity contribution >= 4 is 51.4 Å². The summed E-state index contributed by atoms with van der Waals surface area (Å²) in [5.74, 6) is -0.539. The molecule has 0 spiro atoms.